The van der Waals surface area contributed by atoms with Gasteiger partial charge in [-0.15, -0.1) is 0 Å². The second-order valence-electron chi connectivity index (χ2n) is 6.08. The Labute approximate surface area is 168 Å². The summed E-state index contributed by atoms with van der Waals surface area (Å²) in [6.45, 7) is 1.59. The van der Waals surface area contributed by atoms with E-state index in [1.807, 2.05) is 0 Å². The third-order valence-corrected chi connectivity index (χ3v) is 4.50. The predicted molar refractivity (Wildman–Crippen MR) is 99.7 cm³/mol. The number of phenols is 1. The lowest BCUT2D eigenvalue weighted by Gasteiger charge is -2.27. The minimum atomic E-state index is -4.62. The number of rotatable bonds is 4. The van der Waals surface area contributed by atoms with Crippen molar-refractivity contribution in [3.05, 3.63) is 34.5 Å². The predicted octanol–water partition coefficient (Wildman–Crippen LogP) is 3.11. The molecule has 0 atom stereocenters. The van der Waals surface area contributed by atoms with E-state index in [1.165, 1.54) is 24.1 Å². The highest BCUT2D eigenvalue weighted by Crippen LogP contribution is 2.35. The summed E-state index contributed by atoms with van der Waals surface area (Å²) >= 11 is 6.19. The average molecular weight is 432 g/mol. The van der Waals surface area contributed by atoms with Crippen molar-refractivity contribution in [2.24, 2.45) is 0 Å². The summed E-state index contributed by atoms with van der Waals surface area (Å²) in [6, 6.07) is 2.47. The number of amides is 1. The van der Waals surface area contributed by atoms with Gasteiger partial charge in [0.1, 0.15) is 17.1 Å². The Kier molecular flexibility index (Phi) is 5.99. The van der Waals surface area contributed by atoms with Crippen molar-refractivity contribution >= 4 is 35.0 Å². The standard InChI is InChI=1S/C17H17ClF3N5O3/c1-22-14-10(17(19,20)21)8-23-16(25-14)24-12-7-13(27)9(6-11(12)18)15(28)26-2-4-29-5-3-26/h6-8,27H,2-5H2,1H3,(H2,22,23,24,25). The van der Waals surface area contributed by atoms with Crippen LogP contribution >= 0.6 is 11.6 Å². The number of aromatic nitrogens is 2. The van der Waals surface area contributed by atoms with Gasteiger partial charge in [-0.25, -0.2) is 4.98 Å². The van der Waals surface area contributed by atoms with Crippen LogP contribution in [0.2, 0.25) is 5.02 Å². The van der Waals surface area contributed by atoms with Crippen LogP contribution in [0.5, 0.6) is 5.75 Å². The Hall–Kier alpha value is -2.79. The van der Waals surface area contributed by atoms with Crippen molar-refractivity contribution in [2.75, 3.05) is 44.0 Å². The topological polar surface area (TPSA) is 99.6 Å². The molecule has 1 aromatic carbocycles. The molecule has 0 bridgehead atoms. The van der Waals surface area contributed by atoms with Crippen LogP contribution in [0.15, 0.2) is 18.3 Å². The fraction of sp³-hybridized carbons (Fsp3) is 0.353. The van der Waals surface area contributed by atoms with Crippen molar-refractivity contribution < 1.29 is 27.8 Å². The molecule has 0 saturated carbocycles. The number of morpholine rings is 1. The second kappa shape index (κ2) is 8.29. The molecular weight excluding hydrogens is 415 g/mol. The molecule has 29 heavy (non-hydrogen) atoms. The average Bonchev–Trinajstić information content (AvgIpc) is 2.69. The molecule has 1 aliphatic rings. The van der Waals surface area contributed by atoms with E-state index in [1.54, 1.807) is 0 Å². The maximum absolute atomic E-state index is 12.9. The van der Waals surface area contributed by atoms with Crippen LogP contribution in [0.4, 0.5) is 30.6 Å². The summed E-state index contributed by atoms with van der Waals surface area (Å²) in [5.74, 6) is -1.33. The van der Waals surface area contributed by atoms with E-state index in [9.17, 15) is 23.1 Å². The summed E-state index contributed by atoms with van der Waals surface area (Å²) < 4.78 is 44.0. The molecule has 2 heterocycles. The zero-order valence-electron chi connectivity index (χ0n) is 15.2. The van der Waals surface area contributed by atoms with Crippen molar-refractivity contribution in [1.29, 1.82) is 0 Å². The third-order valence-electron chi connectivity index (χ3n) is 4.19. The van der Waals surface area contributed by atoms with E-state index in [0.717, 1.165) is 0 Å². The zero-order valence-corrected chi connectivity index (χ0v) is 15.9. The molecule has 3 N–H and O–H groups in total. The van der Waals surface area contributed by atoms with Gasteiger partial charge in [-0.05, 0) is 6.07 Å². The quantitative estimate of drug-likeness (QED) is 0.684. The number of carbonyl (C=O) groups excluding carboxylic acids is 1. The normalized spacial score (nSPS) is 14.6. The number of anilines is 3. The van der Waals surface area contributed by atoms with E-state index < -0.39 is 23.5 Å². The number of alkyl halides is 3. The number of hydrogen-bond donors (Lipinski definition) is 3. The maximum atomic E-state index is 12.9. The number of aromatic hydroxyl groups is 1. The molecule has 0 radical (unpaired) electrons. The maximum Gasteiger partial charge on any atom is 0.421 e. The lowest BCUT2D eigenvalue weighted by molar-refractivity contribution is -0.137. The first kappa shape index (κ1) is 20.9. The van der Waals surface area contributed by atoms with Crippen LogP contribution in [0.3, 0.4) is 0 Å². The molecule has 2 aromatic rings. The lowest BCUT2D eigenvalue weighted by Crippen LogP contribution is -2.40. The number of carbonyl (C=O) groups is 1. The molecule has 1 aromatic heterocycles. The first-order chi connectivity index (χ1) is 13.7. The fourth-order valence-corrected chi connectivity index (χ4v) is 2.94. The van der Waals surface area contributed by atoms with E-state index in [0.29, 0.717) is 32.5 Å². The number of halogens is 4. The molecule has 8 nitrogen and oxygen atoms in total. The number of phenolic OH excluding ortho intramolecular Hbond substituents is 1. The highest BCUT2D eigenvalue weighted by Gasteiger charge is 2.35. The summed E-state index contributed by atoms with van der Waals surface area (Å²) in [4.78, 5) is 21.5. The molecular formula is C17H17ClF3N5O3. The van der Waals surface area contributed by atoms with Crippen LogP contribution < -0.4 is 10.6 Å². The molecule has 0 unspecified atom stereocenters. The molecule has 1 amide bonds. The van der Waals surface area contributed by atoms with E-state index >= 15 is 0 Å². The van der Waals surface area contributed by atoms with Gasteiger partial charge >= 0.3 is 6.18 Å². The number of ether oxygens (including phenoxy) is 1. The molecule has 0 aliphatic carbocycles. The molecule has 12 heteroatoms. The van der Waals surface area contributed by atoms with Gasteiger partial charge in [-0.1, -0.05) is 11.6 Å². The molecule has 3 rings (SSSR count). The van der Waals surface area contributed by atoms with Crippen molar-refractivity contribution in [3.63, 3.8) is 0 Å². The van der Waals surface area contributed by atoms with Crippen LogP contribution in [-0.4, -0.2) is 59.2 Å². The zero-order chi connectivity index (χ0) is 21.2. The van der Waals surface area contributed by atoms with Crippen LogP contribution in [-0.2, 0) is 10.9 Å². The Morgan fingerprint density at radius 1 is 1.31 bits per heavy atom. The number of nitrogens with zero attached hydrogens (tertiary/aromatic N) is 3. The Morgan fingerprint density at radius 2 is 2.00 bits per heavy atom. The largest absolute Gasteiger partial charge is 0.507 e. The third kappa shape index (κ3) is 4.62. The highest BCUT2D eigenvalue weighted by atomic mass is 35.5. The Bertz CT molecular complexity index is 920. The lowest BCUT2D eigenvalue weighted by atomic mass is 10.1. The molecule has 1 aliphatic heterocycles. The van der Waals surface area contributed by atoms with Gasteiger partial charge in [0.2, 0.25) is 5.95 Å². The second-order valence-corrected chi connectivity index (χ2v) is 6.49. The molecule has 1 saturated heterocycles. The van der Waals surface area contributed by atoms with Gasteiger partial charge in [0, 0.05) is 32.4 Å². The monoisotopic (exact) mass is 431 g/mol. The van der Waals surface area contributed by atoms with Crippen LogP contribution in [0, 0.1) is 0 Å². The van der Waals surface area contributed by atoms with Gasteiger partial charge in [0.15, 0.2) is 0 Å². The summed E-state index contributed by atoms with van der Waals surface area (Å²) in [6.07, 6.45) is -3.99. The minimum Gasteiger partial charge on any atom is -0.507 e. The van der Waals surface area contributed by atoms with Gasteiger partial charge in [0.05, 0.1) is 29.5 Å². The number of hydrogen-bond acceptors (Lipinski definition) is 7. The SMILES string of the molecule is CNc1nc(Nc2cc(O)c(C(=O)N3CCOCC3)cc2Cl)ncc1C(F)(F)F. The smallest absolute Gasteiger partial charge is 0.421 e. The highest BCUT2D eigenvalue weighted by molar-refractivity contribution is 6.33. The summed E-state index contributed by atoms with van der Waals surface area (Å²) in [5.41, 5.74) is -0.887. The van der Waals surface area contributed by atoms with Gasteiger partial charge in [0.25, 0.3) is 5.91 Å². The number of nitrogens with one attached hydrogen (secondary N) is 2. The first-order valence-corrected chi connectivity index (χ1v) is 8.87. The van der Waals surface area contributed by atoms with Crippen molar-refractivity contribution in [3.8, 4) is 5.75 Å². The van der Waals surface area contributed by atoms with Gasteiger partial charge in [-0.2, -0.15) is 18.2 Å². The first-order valence-electron chi connectivity index (χ1n) is 8.49. The van der Waals surface area contributed by atoms with Gasteiger partial charge < -0.3 is 25.4 Å². The molecule has 0 spiro atoms. The van der Waals surface area contributed by atoms with Crippen molar-refractivity contribution in [2.45, 2.75) is 6.18 Å². The Balaban J connectivity index is 1.85. The number of benzene rings is 1. The minimum absolute atomic E-state index is 0.00621. The molecule has 1 fully saturated rings. The summed E-state index contributed by atoms with van der Waals surface area (Å²) in [7, 11) is 1.30. The van der Waals surface area contributed by atoms with Crippen LogP contribution in [0.1, 0.15) is 15.9 Å². The fourth-order valence-electron chi connectivity index (χ4n) is 2.73. The summed E-state index contributed by atoms with van der Waals surface area (Å²) in [5, 5.41) is 15.3. The Morgan fingerprint density at radius 3 is 2.62 bits per heavy atom. The molecule has 156 valence electrons. The van der Waals surface area contributed by atoms with E-state index in [-0.39, 0.29) is 28.0 Å². The van der Waals surface area contributed by atoms with E-state index in [4.69, 9.17) is 16.3 Å². The van der Waals surface area contributed by atoms with Gasteiger partial charge in [-0.3, -0.25) is 4.79 Å². The van der Waals surface area contributed by atoms with E-state index in [2.05, 4.69) is 20.6 Å². The van der Waals surface area contributed by atoms with Crippen molar-refractivity contribution in [1.82, 2.24) is 14.9 Å². The van der Waals surface area contributed by atoms with Crippen LogP contribution in [0.25, 0.3) is 0 Å².